The van der Waals surface area contributed by atoms with Crippen LogP contribution in [-0.4, -0.2) is 15.4 Å². The highest BCUT2D eigenvalue weighted by Gasteiger charge is 2.39. The Morgan fingerprint density at radius 2 is 1.39 bits per heavy atom. The van der Waals surface area contributed by atoms with Crippen LogP contribution >= 0.6 is 0 Å². The second kappa shape index (κ2) is 4.96. The van der Waals surface area contributed by atoms with E-state index in [-0.39, 0.29) is 5.04 Å². The van der Waals surface area contributed by atoms with Gasteiger partial charge in [0.15, 0.2) is 5.75 Å². The van der Waals surface area contributed by atoms with Gasteiger partial charge in [-0.05, 0) is 43.1 Å². The van der Waals surface area contributed by atoms with E-state index in [1.165, 1.54) is 0 Å². The summed E-state index contributed by atoms with van der Waals surface area (Å²) in [5.74, 6) is 1.80. The molecule has 0 N–H and O–H groups in total. The van der Waals surface area contributed by atoms with Crippen LogP contribution < -0.4 is 9.16 Å². The van der Waals surface area contributed by atoms with Gasteiger partial charge < -0.3 is 9.16 Å². The molecule has 0 radical (unpaired) electrons. The van der Waals surface area contributed by atoms with Crippen LogP contribution in [0.2, 0.25) is 18.1 Å². The molecule has 102 valence electrons. The van der Waals surface area contributed by atoms with Crippen molar-refractivity contribution in [2.24, 2.45) is 0 Å². The Kier molecular flexibility index (Phi) is 4.16. The van der Waals surface area contributed by atoms with Crippen LogP contribution in [0.1, 0.15) is 31.9 Å². The average molecular weight is 266 g/mol. The van der Waals surface area contributed by atoms with E-state index in [9.17, 15) is 0 Å². The number of hydrogen-bond acceptors (Lipinski definition) is 2. The first-order chi connectivity index (χ1) is 8.10. The minimum atomic E-state index is -1.83. The summed E-state index contributed by atoms with van der Waals surface area (Å²) in [6, 6.07) is 4.17. The first-order valence-corrected chi connectivity index (χ1v) is 9.34. The molecule has 3 heteroatoms. The molecule has 2 nitrogen and oxygen atoms in total. The highest BCUT2D eigenvalue weighted by molar-refractivity contribution is 6.74. The molecular formula is C15H26O2Si. The van der Waals surface area contributed by atoms with Gasteiger partial charge in [0, 0.05) is 0 Å². The zero-order chi connectivity index (χ0) is 14.1. The number of methoxy groups -OCH3 is 1. The van der Waals surface area contributed by atoms with Crippen molar-refractivity contribution in [2.75, 3.05) is 7.11 Å². The average Bonchev–Trinajstić information content (AvgIpc) is 2.22. The van der Waals surface area contributed by atoms with Crippen LogP contribution in [0.4, 0.5) is 0 Å². The predicted octanol–water partition coefficient (Wildman–Crippen LogP) is 4.70. The third kappa shape index (κ3) is 2.89. The van der Waals surface area contributed by atoms with Gasteiger partial charge in [0.2, 0.25) is 0 Å². The van der Waals surface area contributed by atoms with Crippen LogP contribution in [0, 0.1) is 13.8 Å². The van der Waals surface area contributed by atoms with Gasteiger partial charge in [-0.25, -0.2) is 0 Å². The summed E-state index contributed by atoms with van der Waals surface area (Å²) in [5.41, 5.74) is 2.26. The molecular weight excluding hydrogens is 240 g/mol. The summed E-state index contributed by atoms with van der Waals surface area (Å²) in [5, 5.41) is 0.189. The highest BCUT2D eigenvalue weighted by Crippen LogP contribution is 2.42. The molecule has 0 aliphatic carbocycles. The minimum absolute atomic E-state index is 0.189. The van der Waals surface area contributed by atoms with Crippen LogP contribution in [-0.2, 0) is 0 Å². The van der Waals surface area contributed by atoms with Gasteiger partial charge in [0.05, 0.1) is 7.11 Å². The molecule has 0 aliphatic heterocycles. The molecule has 18 heavy (non-hydrogen) atoms. The molecule has 0 spiro atoms. The molecule has 0 aliphatic rings. The van der Waals surface area contributed by atoms with Crippen molar-refractivity contribution >= 4 is 8.32 Å². The topological polar surface area (TPSA) is 18.5 Å². The number of hydrogen-bond donors (Lipinski definition) is 0. The van der Waals surface area contributed by atoms with E-state index in [1.807, 2.05) is 0 Å². The van der Waals surface area contributed by atoms with Crippen molar-refractivity contribution in [1.82, 2.24) is 0 Å². The van der Waals surface area contributed by atoms with E-state index in [1.54, 1.807) is 7.11 Å². The lowest BCUT2D eigenvalue weighted by Gasteiger charge is -2.37. The Morgan fingerprint density at radius 3 is 1.78 bits per heavy atom. The quantitative estimate of drug-likeness (QED) is 0.739. The van der Waals surface area contributed by atoms with Crippen molar-refractivity contribution in [2.45, 2.75) is 52.8 Å². The van der Waals surface area contributed by atoms with Crippen LogP contribution in [0.3, 0.4) is 0 Å². The van der Waals surface area contributed by atoms with Crippen LogP contribution in [0.25, 0.3) is 0 Å². The lowest BCUT2D eigenvalue weighted by molar-refractivity contribution is 0.382. The summed E-state index contributed by atoms with van der Waals surface area (Å²) < 4.78 is 11.9. The monoisotopic (exact) mass is 266 g/mol. The molecule has 0 atom stereocenters. The summed E-state index contributed by atoms with van der Waals surface area (Å²) in [6.45, 7) is 15.4. The van der Waals surface area contributed by atoms with Crippen LogP contribution in [0.15, 0.2) is 12.1 Å². The minimum Gasteiger partial charge on any atom is -0.541 e. The molecule has 0 saturated carbocycles. The zero-order valence-corrected chi connectivity index (χ0v) is 14.0. The van der Waals surface area contributed by atoms with Gasteiger partial charge in [-0.3, -0.25) is 0 Å². The molecule has 0 aromatic heterocycles. The number of rotatable bonds is 3. The summed E-state index contributed by atoms with van der Waals surface area (Å²) in [6.07, 6.45) is 0. The Hall–Kier alpha value is -0.963. The smallest absolute Gasteiger partial charge is 0.250 e. The van der Waals surface area contributed by atoms with Gasteiger partial charge >= 0.3 is 0 Å². The van der Waals surface area contributed by atoms with E-state index < -0.39 is 8.32 Å². The number of aryl methyl sites for hydroxylation is 2. The fraction of sp³-hybridized carbons (Fsp3) is 0.600. The standard InChI is InChI=1S/C15H26O2Si/c1-11-9-10-12(2)14(13(11)16-6)17-18(7,8)15(3,4)5/h9-10H,1-8H3. The highest BCUT2D eigenvalue weighted by atomic mass is 28.4. The van der Waals surface area contributed by atoms with Crippen molar-refractivity contribution in [3.8, 4) is 11.5 Å². The van der Waals surface area contributed by atoms with Gasteiger partial charge in [-0.1, -0.05) is 32.9 Å². The predicted molar refractivity (Wildman–Crippen MR) is 80.3 cm³/mol. The van der Waals surface area contributed by atoms with Crippen molar-refractivity contribution in [3.05, 3.63) is 23.3 Å². The fourth-order valence-corrected chi connectivity index (χ4v) is 2.62. The van der Waals surface area contributed by atoms with Gasteiger partial charge in [0.1, 0.15) is 5.75 Å². The Morgan fingerprint density at radius 1 is 0.944 bits per heavy atom. The summed E-state index contributed by atoms with van der Waals surface area (Å²) in [4.78, 5) is 0. The largest absolute Gasteiger partial charge is 0.541 e. The maximum absolute atomic E-state index is 6.41. The second-order valence-electron chi connectivity index (χ2n) is 6.42. The third-order valence-corrected chi connectivity index (χ3v) is 8.20. The summed E-state index contributed by atoms with van der Waals surface area (Å²) >= 11 is 0. The molecule has 0 amide bonds. The van der Waals surface area contributed by atoms with Gasteiger partial charge in [-0.2, -0.15) is 0 Å². The van der Waals surface area contributed by atoms with Crippen LogP contribution in [0.5, 0.6) is 11.5 Å². The molecule has 0 unspecified atom stereocenters. The SMILES string of the molecule is COc1c(C)ccc(C)c1O[Si](C)(C)C(C)(C)C. The number of benzene rings is 1. The Bertz CT molecular complexity index is 431. The first-order valence-electron chi connectivity index (χ1n) is 6.43. The van der Waals surface area contributed by atoms with E-state index in [2.05, 4.69) is 59.8 Å². The zero-order valence-electron chi connectivity index (χ0n) is 13.0. The van der Waals surface area contributed by atoms with E-state index in [4.69, 9.17) is 9.16 Å². The Labute approximate surface area is 112 Å². The second-order valence-corrected chi connectivity index (χ2v) is 11.1. The first kappa shape index (κ1) is 15.1. The molecule has 0 saturated heterocycles. The molecule has 1 aromatic rings. The molecule has 0 fully saturated rings. The lowest BCUT2D eigenvalue weighted by Crippen LogP contribution is -2.44. The molecule has 1 aromatic carbocycles. The maximum atomic E-state index is 6.41. The van der Waals surface area contributed by atoms with Crippen molar-refractivity contribution in [3.63, 3.8) is 0 Å². The van der Waals surface area contributed by atoms with Crippen molar-refractivity contribution < 1.29 is 9.16 Å². The third-order valence-electron chi connectivity index (χ3n) is 3.87. The lowest BCUT2D eigenvalue weighted by atomic mass is 10.1. The van der Waals surface area contributed by atoms with E-state index in [0.717, 1.165) is 22.6 Å². The maximum Gasteiger partial charge on any atom is 0.250 e. The van der Waals surface area contributed by atoms with Gasteiger partial charge in [0.25, 0.3) is 8.32 Å². The summed E-state index contributed by atoms with van der Waals surface area (Å²) in [7, 11) is -0.119. The van der Waals surface area contributed by atoms with Gasteiger partial charge in [-0.15, -0.1) is 0 Å². The van der Waals surface area contributed by atoms with Crippen molar-refractivity contribution in [1.29, 1.82) is 0 Å². The van der Waals surface area contributed by atoms with E-state index in [0.29, 0.717) is 0 Å². The fourth-order valence-electron chi connectivity index (χ4n) is 1.55. The number of ether oxygens (including phenoxy) is 1. The molecule has 0 heterocycles. The molecule has 1 rings (SSSR count). The normalized spacial score (nSPS) is 12.4. The van der Waals surface area contributed by atoms with E-state index >= 15 is 0 Å². The molecule has 0 bridgehead atoms. The Balaban J connectivity index is 3.23.